The maximum atomic E-state index is 14.8. The first-order valence-electron chi connectivity index (χ1n) is 15.8. The lowest BCUT2D eigenvalue weighted by Crippen LogP contribution is -2.44. The smallest absolute Gasteiger partial charge is 0.412 e. The Labute approximate surface area is 277 Å². The second-order valence-corrected chi connectivity index (χ2v) is 11.9. The van der Waals surface area contributed by atoms with Crippen LogP contribution in [0.2, 0.25) is 0 Å². The van der Waals surface area contributed by atoms with Gasteiger partial charge in [-0.3, -0.25) is 19.9 Å². The number of allylic oxidation sites excluding steroid dienone is 2. The molecule has 15 heteroatoms. The third-order valence-corrected chi connectivity index (χ3v) is 7.83. The maximum absolute atomic E-state index is 14.8. The number of hydrogen-bond acceptors (Lipinski definition) is 11. The molecule has 1 fully saturated rings. The maximum Gasteiger partial charge on any atom is 0.412 e. The van der Waals surface area contributed by atoms with Crippen molar-refractivity contribution in [2.24, 2.45) is 11.8 Å². The first kappa shape index (κ1) is 35.9. The van der Waals surface area contributed by atoms with Gasteiger partial charge in [-0.25, -0.2) is 23.9 Å². The Morgan fingerprint density at radius 2 is 2.08 bits per heavy atom. The summed E-state index contributed by atoms with van der Waals surface area (Å²) in [6, 6.07) is -0.930. The van der Waals surface area contributed by atoms with Crippen LogP contribution in [0.25, 0.3) is 0 Å². The van der Waals surface area contributed by atoms with Crippen LogP contribution in [0.5, 0.6) is 0 Å². The summed E-state index contributed by atoms with van der Waals surface area (Å²) in [6.07, 6.45) is 9.32. The third-order valence-electron chi connectivity index (χ3n) is 7.83. The molecule has 6 atom stereocenters. The average Bonchev–Trinajstić information content (AvgIpc) is 3.73. The quantitative estimate of drug-likeness (QED) is 0.406. The molecule has 0 aliphatic carbocycles. The number of aliphatic hydroxyl groups excluding tert-OH is 1. The van der Waals surface area contributed by atoms with Crippen molar-refractivity contribution in [1.82, 2.24) is 25.2 Å². The number of rotatable bonds is 4. The van der Waals surface area contributed by atoms with Gasteiger partial charge in [-0.05, 0) is 25.8 Å². The molecule has 48 heavy (non-hydrogen) atoms. The second-order valence-electron chi connectivity index (χ2n) is 11.9. The number of halogens is 1. The van der Waals surface area contributed by atoms with Gasteiger partial charge in [0.1, 0.15) is 24.6 Å². The molecule has 4 heterocycles. The van der Waals surface area contributed by atoms with Gasteiger partial charge in [0, 0.05) is 43.7 Å². The predicted octanol–water partition coefficient (Wildman–Crippen LogP) is 3.32. The molecular formula is C33H41FN6O8. The number of fused-ring (bicyclic) bond motifs is 3. The monoisotopic (exact) mass is 668 g/mol. The fourth-order valence-corrected chi connectivity index (χ4v) is 5.44. The summed E-state index contributed by atoms with van der Waals surface area (Å²) in [5, 5.41) is 15.5. The van der Waals surface area contributed by atoms with E-state index in [0.717, 1.165) is 6.26 Å². The van der Waals surface area contributed by atoms with Gasteiger partial charge < -0.3 is 29.2 Å². The van der Waals surface area contributed by atoms with Crippen LogP contribution < -0.4 is 10.6 Å². The van der Waals surface area contributed by atoms with E-state index in [4.69, 9.17) is 13.9 Å². The molecule has 0 aromatic carbocycles. The van der Waals surface area contributed by atoms with Gasteiger partial charge in [0.25, 0.3) is 5.91 Å². The zero-order chi connectivity index (χ0) is 34.6. The molecule has 2 aromatic heterocycles. The van der Waals surface area contributed by atoms with E-state index in [1.165, 1.54) is 35.6 Å². The van der Waals surface area contributed by atoms with E-state index in [0.29, 0.717) is 18.4 Å². The lowest BCUT2D eigenvalue weighted by atomic mass is 9.93. The van der Waals surface area contributed by atoms with Crippen molar-refractivity contribution in [1.29, 1.82) is 0 Å². The number of nitrogens with zero attached hydrogens (tertiary/aromatic N) is 4. The molecule has 3 N–H and O–H groups in total. The standard InChI is InChI=1S/C33H41FN6O8/c1-20-6-4-10-37-28(42)9-8-21(2)30(22(3)18-47-33(45)39-27-17-35-11-12-36-27)48-32(44)26-7-5-13-40(26)31(43)25-19-46-29(38-25)16-23(34)15-24(41)14-20/h4,6,8-9,11-12,14,17,19,21-24,26,30,41H,5,7,10,13,15-16,18H2,1-3H3,(H,37,42)(H,36,39,45)/b6-4?,9-8+,20-14?/t21-,22+,23-,24-,26-,30+/m1/s1. The lowest BCUT2D eigenvalue weighted by Gasteiger charge is -2.30. The lowest BCUT2D eigenvalue weighted by molar-refractivity contribution is -0.159. The van der Waals surface area contributed by atoms with Gasteiger partial charge in [0.15, 0.2) is 17.4 Å². The number of amides is 3. The van der Waals surface area contributed by atoms with E-state index in [9.17, 15) is 28.7 Å². The third kappa shape index (κ3) is 10.6. The zero-order valence-electron chi connectivity index (χ0n) is 27.1. The highest BCUT2D eigenvalue weighted by Gasteiger charge is 2.39. The molecule has 0 radical (unpaired) electrons. The predicted molar refractivity (Wildman–Crippen MR) is 170 cm³/mol. The van der Waals surface area contributed by atoms with E-state index in [1.807, 2.05) is 0 Å². The van der Waals surface area contributed by atoms with Crippen LogP contribution in [0.3, 0.4) is 0 Å². The van der Waals surface area contributed by atoms with Gasteiger partial charge in [-0.15, -0.1) is 0 Å². The van der Waals surface area contributed by atoms with Gasteiger partial charge >= 0.3 is 12.1 Å². The van der Waals surface area contributed by atoms with Gasteiger partial charge in [-0.1, -0.05) is 43.7 Å². The van der Waals surface area contributed by atoms with Gasteiger partial charge in [0.2, 0.25) is 5.91 Å². The van der Waals surface area contributed by atoms with E-state index >= 15 is 0 Å². The molecule has 2 aromatic rings. The molecule has 2 bridgehead atoms. The zero-order valence-corrected chi connectivity index (χ0v) is 27.1. The van der Waals surface area contributed by atoms with Crippen LogP contribution in [-0.4, -0.2) is 93.0 Å². The van der Waals surface area contributed by atoms with Crippen molar-refractivity contribution in [3.05, 3.63) is 72.4 Å². The highest BCUT2D eigenvalue weighted by atomic mass is 19.1. The Kier molecular flexibility index (Phi) is 12.9. The summed E-state index contributed by atoms with van der Waals surface area (Å²) in [7, 11) is 0. The van der Waals surface area contributed by atoms with E-state index in [1.54, 1.807) is 39.0 Å². The van der Waals surface area contributed by atoms with Crippen LogP contribution in [0.15, 0.2) is 65.2 Å². The molecule has 2 aliphatic rings. The molecule has 4 rings (SSSR count). The first-order chi connectivity index (χ1) is 23.0. The van der Waals surface area contributed by atoms with Crippen LogP contribution in [-0.2, 0) is 25.5 Å². The second kappa shape index (κ2) is 17.3. The average molecular weight is 669 g/mol. The Balaban J connectivity index is 1.54. The van der Waals surface area contributed by atoms with Gasteiger partial charge in [-0.2, -0.15) is 0 Å². The van der Waals surface area contributed by atoms with E-state index < -0.39 is 60.1 Å². The molecular weight excluding hydrogens is 627 g/mol. The Hall–Kier alpha value is -4.92. The van der Waals surface area contributed by atoms with Crippen molar-refractivity contribution in [2.45, 2.75) is 70.9 Å². The summed E-state index contributed by atoms with van der Waals surface area (Å²) < 4.78 is 31.5. The normalized spacial score (nSPS) is 26.0. The van der Waals surface area contributed by atoms with Crippen LogP contribution in [0.1, 0.15) is 56.4 Å². The number of alkyl halides is 1. The molecule has 258 valence electrons. The number of aromatic nitrogens is 3. The van der Waals surface area contributed by atoms with Crippen LogP contribution >= 0.6 is 0 Å². The van der Waals surface area contributed by atoms with Crippen molar-refractivity contribution < 1.29 is 42.6 Å². The highest BCUT2D eigenvalue weighted by Crippen LogP contribution is 2.26. The number of ether oxygens (including phenoxy) is 2. The highest BCUT2D eigenvalue weighted by molar-refractivity contribution is 5.95. The molecule has 2 aliphatic heterocycles. The van der Waals surface area contributed by atoms with Crippen molar-refractivity contribution in [2.75, 3.05) is 25.0 Å². The number of cyclic esters (lactones) is 1. The molecule has 14 nitrogen and oxygen atoms in total. The minimum absolute atomic E-state index is 0.0102. The number of anilines is 1. The minimum atomic E-state index is -1.50. The van der Waals surface area contributed by atoms with Crippen molar-refractivity contribution in [3.63, 3.8) is 0 Å². The molecule has 0 spiro atoms. The van der Waals surface area contributed by atoms with E-state index in [-0.39, 0.29) is 49.9 Å². The topological polar surface area (TPSA) is 186 Å². The largest absolute Gasteiger partial charge is 0.460 e. The number of hydrogen-bond donors (Lipinski definition) is 3. The number of esters is 1. The summed E-state index contributed by atoms with van der Waals surface area (Å²) in [5.41, 5.74) is 0.591. The van der Waals surface area contributed by atoms with Crippen molar-refractivity contribution >= 4 is 29.7 Å². The fraction of sp³-hybridized carbons (Fsp3) is 0.485. The summed E-state index contributed by atoms with van der Waals surface area (Å²) in [6.45, 7) is 5.53. The van der Waals surface area contributed by atoms with Crippen LogP contribution in [0.4, 0.5) is 15.0 Å². The number of oxazole rings is 1. The molecule has 1 saturated heterocycles. The van der Waals surface area contributed by atoms with Gasteiger partial charge in [0.05, 0.1) is 25.3 Å². The summed E-state index contributed by atoms with van der Waals surface area (Å²) in [5.74, 6) is -2.50. The Morgan fingerprint density at radius 1 is 1.27 bits per heavy atom. The Bertz CT molecular complexity index is 1510. The summed E-state index contributed by atoms with van der Waals surface area (Å²) in [4.78, 5) is 65.3. The number of nitrogens with one attached hydrogen (secondary N) is 2. The summed E-state index contributed by atoms with van der Waals surface area (Å²) >= 11 is 0. The first-order valence-corrected chi connectivity index (χ1v) is 15.8. The number of aliphatic hydroxyl groups is 1. The molecule has 0 unspecified atom stereocenters. The number of carbonyl (C=O) groups is 4. The minimum Gasteiger partial charge on any atom is -0.460 e. The Morgan fingerprint density at radius 3 is 2.85 bits per heavy atom. The molecule has 0 saturated carbocycles. The number of carbonyl (C=O) groups excluding carboxylic acids is 4. The SMILES string of the molecule is CC1=C[C@@H](O)C[C@@H](F)Cc2nc(co2)C(=O)N2CCC[C@@H]2C(=O)O[C@H]([C@@H](C)COC(=O)Nc2cnccn2)[C@H](C)/C=C/C(=O)NCC=C1. The van der Waals surface area contributed by atoms with Crippen molar-refractivity contribution in [3.8, 4) is 0 Å². The van der Waals surface area contributed by atoms with Crippen LogP contribution in [0, 0.1) is 11.8 Å². The fourth-order valence-electron chi connectivity index (χ4n) is 5.44. The van der Waals surface area contributed by atoms with E-state index in [2.05, 4.69) is 25.6 Å². The molecule has 3 amide bonds.